The number of nitrogens with zero attached hydrogens (tertiary/aromatic N) is 2. The van der Waals surface area contributed by atoms with Gasteiger partial charge in [-0.2, -0.15) is 0 Å². The first-order valence-electron chi connectivity index (χ1n) is 9.24. The van der Waals surface area contributed by atoms with Crippen LogP contribution in [-0.4, -0.2) is 55.9 Å². The summed E-state index contributed by atoms with van der Waals surface area (Å²) in [5.74, 6) is 0.562. The molecule has 0 aromatic heterocycles. The maximum atomic E-state index is 12.7. The quantitative estimate of drug-likeness (QED) is 0.867. The van der Waals surface area contributed by atoms with Gasteiger partial charge in [0.1, 0.15) is 0 Å². The van der Waals surface area contributed by atoms with Crippen molar-refractivity contribution in [2.75, 3.05) is 43.5 Å². The van der Waals surface area contributed by atoms with Gasteiger partial charge in [-0.3, -0.25) is 4.90 Å². The molecule has 1 aromatic rings. The van der Waals surface area contributed by atoms with Crippen LogP contribution < -0.4 is 15.5 Å². The minimum Gasteiger partial charge on any atom is -0.371 e. The van der Waals surface area contributed by atoms with Crippen molar-refractivity contribution in [1.29, 1.82) is 0 Å². The largest absolute Gasteiger partial charge is 0.371 e. The zero-order valence-electron chi connectivity index (χ0n) is 15.7. The van der Waals surface area contributed by atoms with Gasteiger partial charge in [0, 0.05) is 31.5 Å². The number of carbonyl (C=O) groups excluding carboxylic acids is 2. The highest BCUT2D eigenvalue weighted by Gasteiger charge is 2.46. The molecule has 0 radical (unpaired) electrons. The van der Waals surface area contributed by atoms with Gasteiger partial charge < -0.3 is 20.3 Å². The Kier molecular flexibility index (Phi) is 5.36. The molecule has 3 rings (SSSR count). The third kappa shape index (κ3) is 4.09. The summed E-state index contributed by atoms with van der Waals surface area (Å²) in [5, 5.41) is 5.71. The van der Waals surface area contributed by atoms with E-state index in [-0.39, 0.29) is 17.7 Å². The number of anilines is 2. The van der Waals surface area contributed by atoms with E-state index in [0.29, 0.717) is 37.8 Å². The molecule has 7 heteroatoms. The van der Waals surface area contributed by atoms with E-state index in [9.17, 15) is 9.59 Å². The van der Waals surface area contributed by atoms with Gasteiger partial charge >= 0.3 is 12.1 Å². The molecule has 2 fully saturated rings. The summed E-state index contributed by atoms with van der Waals surface area (Å²) >= 11 is 0. The molecular formula is C19H28N4O3. The summed E-state index contributed by atoms with van der Waals surface area (Å²) < 4.78 is 5.95. The van der Waals surface area contributed by atoms with E-state index in [1.165, 1.54) is 17.7 Å². The molecule has 1 unspecified atom stereocenters. The number of carbonyl (C=O) groups is 2. The van der Waals surface area contributed by atoms with Crippen molar-refractivity contribution in [3.63, 3.8) is 0 Å². The summed E-state index contributed by atoms with van der Waals surface area (Å²) in [4.78, 5) is 28.0. The van der Waals surface area contributed by atoms with E-state index in [1.807, 2.05) is 30.0 Å². The fraction of sp³-hybridized carbons (Fsp3) is 0.579. The predicted octanol–water partition coefficient (Wildman–Crippen LogP) is 2.89. The van der Waals surface area contributed by atoms with Crippen molar-refractivity contribution in [2.45, 2.75) is 32.3 Å². The monoisotopic (exact) mass is 360 g/mol. The Balaban J connectivity index is 1.64. The van der Waals surface area contributed by atoms with Crippen LogP contribution in [-0.2, 0) is 4.74 Å². The Labute approximate surface area is 154 Å². The molecule has 0 spiro atoms. The second-order valence-electron chi connectivity index (χ2n) is 7.23. The van der Waals surface area contributed by atoms with Crippen LogP contribution in [0.15, 0.2) is 24.3 Å². The fourth-order valence-corrected chi connectivity index (χ4v) is 3.39. The number of hydrogen-bond acceptors (Lipinski definition) is 3. The van der Waals surface area contributed by atoms with Gasteiger partial charge in [0.25, 0.3) is 0 Å². The topological polar surface area (TPSA) is 73.9 Å². The van der Waals surface area contributed by atoms with E-state index < -0.39 is 0 Å². The highest BCUT2D eigenvalue weighted by molar-refractivity contribution is 5.94. The number of benzene rings is 1. The number of amides is 4. The minimum absolute atomic E-state index is 0.127. The first-order chi connectivity index (χ1) is 12.4. The molecule has 1 aliphatic carbocycles. The number of morpholine rings is 1. The molecule has 1 aromatic carbocycles. The molecule has 1 heterocycles. The van der Waals surface area contributed by atoms with Crippen LogP contribution in [0.3, 0.4) is 0 Å². The third-order valence-corrected chi connectivity index (χ3v) is 5.14. The smallest absolute Gasteiger partial charge is 0.322 e. The van der Waals surface area contributed by atoms with Gasteiger partial charge in [-0.1, -0.05) is 6.07 Å². The summed E-state index contributed by atoms with van der Waals surface area (Å²) in [6.45, 7) is 6.32. The molecule has 26 heavy (non-hydrogen) atoms. The summed E-state index contributed by atoms with van der Waals surface area (Å²) in [6, 6.07) is 6.99. The summed E-state index contributed by atoms with van der Waals surface area (Å²) in [6.07, 6.45) is 2.36. The highest BCUT2D eigenvalue weighted by atomic mass is 16.5. The highest BCUT2D eigenvalue weighted by Crippen LogP contribution is 2.43. The van der Waals surface area contributed by atoms with Gasteiger partial charge in [-0.05, 0) is 50.8 Å². The van der Waals surface area contributed by atoms with Crippen molar-refractivity contribution in [3.05, 3.63) is 24.3 Å². The SMILES string of the molecule is CCNC(=O)N(C)c1cccc(NC(=O)N2CCOC(C)(C3CC3)C2)c1. The number of nitrogens with one attached hydrogen (secondary N) is 2. The van der Waals surface area contributed by atoms with E-state index >= 15 is 0 Å². The van der Waals surface area contributed by atoms with Crippen LogP contribution in [0.2, 0.25) is 0 Å². The average Bonchev–Trinajstić information content (AvgIpc) is 3.47. The van der Waals surface area contributed by atoms with Crippen molar-refractivity contribution in [3.8, 4) is 0 Å². The third-order valence-electron chi connectivity index (χ3n) is 5.14. The Morgan fingerprint density at radius 2 is 2.15 bits per heavy atom. The second kappa shape index (κ2) is 7.53. The van der Waals surface area contributed by atoms with Crippen LogP contribution in [0.25, 0.3) is 0 Å². The Morgan fingerprint density at radius 1 is 1.38 bits per heavy atom. The molecule has 7 nitrogen and oxygen atoms in total. The zero-order chi connectivity index (χ0) is 18.7. The first-order valence-corrected chi connectivity index (χ1v) is 9.24. The maximum absolute atomic E-state index is 12.7. The summed E-state index contributed by atoms with van der Waals surface area (Å²) in [5.41, 5.74) is 1.16. The van der Waals surface area contributed by atoms with Gasteiger partial charge in [-0.15, -0.1) is 0 Å². The number of rotatable bonds is 4. The van der Waals surface area contributed by atoms with Crippen LogP contribution >= 0.6 is 0 Å². The van der Waals surface area contributed by atoms with E-state index in [4.69, 9.17) is 4.74 Å². The van der Waals surface area contributed by atoms with E-state index in [0.717, 1.165) is 5.69 Å². The lowest BCUT2D eigenvalue weighted by Gasteiger charge is -2.40. The lowest BCUT2D eigenvalue weighted by molar-refractivity contribution is -0.0977. The number of urea groups is 2. The molecular weight excluding hydrogens is 332 g/mol. The Hall–Kier alpha value is -2.28. The van der Waals surface area contributed by atoms with Crippen molar-refractivity contribution < 1.29 is 14.3 Å². The molecule has 2 N–H and O–H groups in total. The van der Waals surface area contributed by atoms with Crippen molar-refractivity contribution >= 4 is 23.4 Å². The second-order valence-corrected chi connectivity index (χ2v) is 7.23. The Bertz CT molecular complexity index is 677. The van der Waals surface area contributed by atoms with Gasteiger partial charge in [0.2, 0.25) is 0 Å². The van der Waals surface area contributed by atoms with E-state index in [2.05, 4.69) is 17.6 Å². The number of ether oxygens (including phenoxy) is 1. The standard InChI is InChI=1S/C19H28N4O3/c1-4-20-17(24)22(3)16-7-5-6-15(12-16)21-18(25)23-10-11-26-19(2,13-23)14-8-9-14/h5-7,12,14H,4,8-11,13H2,1-3H3,(H,20,24)(H,21,25). The number of hydrogen-bond donors (Lipinski definition) is 2. The lowest BCUT2D eigenvalue weighted by atomic mass is 9.98. The molecule has 0 bridgehead atoms. The van der Waals surface area contributed by atoms with Crippen LogP contribution in [0.1, 0.15) is 26.7 Å². The van der Waals surface area contributed by atoms with Gasteiger partial charge in [0.15, 0.2) is 0 Å². The van der Waals surface area contributed by atoms with Gasteiger partial charge in [-0.25, -0.2) is 9.59 Å². The summed E-state index contributed by atoms with van der Waals surface area (Å²) in [7, 11) is 1.70. The lowest BCUT2D eigenvalue weighted by Crippen LogP contribution is -2.54. The van der Waals surface area contributed by atoms with Gasteiger partial charge in [0.05, 0.1) is 18.8 Å². The molecule has 1 saturated carbocycles. The van der Waals surface area contributed by atoms with Crippen molar-refractivity contribution in [1.82, 2.24) is 10.2 Å². The molecule has 2 aliphatic rings. The maximum Gasteiger partial charge on any atom is 0.322 e. The van der Waals surface area contributed by atoms with Crippen LogP contribution in [0.4, 0.5) is 21.0 Å². The van der Waals surface area contributed by atoms with E-state index in [1.54, 1.807) is 13.1 Å². The minimum atomic E-state index is -0.226. The first kappa shape index (κ1) is 18.5. The Morgan fingerprint density at radius 3 is 2.85 bits per heavy atom. The molecule has 4 amide bonds. The molecule has 1 saturated heterocycles. The molecule has 1 atom stereocenters. The predicted molar refractivity (Wildman–Crippen MR) is 102 cm³/mol. The van der Waals surface area contributed by atoms with Crippen molar-refractivity contribution in [2.24, 2.45) is 5.92 Å². The zero-order valence-corrected chi connectivity index (χ0v) is 15.7. The molecule has 1 aliphatic heterocycles. The fourth-order valence-electron chi connectivity index (χ4n) is 3.39. The van der Waals surface area contributed by atoms with Crippen LogP contribution in [0.5, 0.6) is 0 Å². The van der Waals surface area contributed by atoms with Crippen LogP contribution in [0, 0.1) is 5.92 Å². The molecule has 142 valence electrons. The normalized spacial score (nSPS) is 22.7. The average molecular weight is 360 g/mol.